The first-order chi connectivity index (χ1) is 9.88. The van der Waals surface area contributed by atoms with Crippen molar-refractivity contribution in [1.82, 2.24) is 15.3 Å². The fraction of sp³-hybridized carbons (Fsp3) is 0.500. The second-order valence-electron chi connectivity index (χ2n) is 5.72. The molecule has 0 aliphatic carbocycles. The highest BCUT2D eigenvalue weighted by Gasteiger charge is 2.16. The number of aryl methyl sites for hydroxylation is 2. The Morgan fingerprint density at radius 2 is 1.81 bits per heavy atom. The summed E-state index contributed by atoms with van der Waals surface area (Å²) in [6.07, 6.45) is 0. The second kappa shape index (κ2) is 6.99. The van der Waals surface area contributed by atoms with Gasteiger partial charge >= 0.3 is 0 Å². The molecule has 0 aliphatic heterocycles. The SMILES string of the molecule is Cc1nc(-c2cc(Br)cs2)nc(C)c1C(C)CNC(C)C. The van der Waals surface area contributed by atoms with Gasteiger partial charge in [-0.3, -0.25) is 0 Å². The molecule has 2 aromatic heterocycles. The van der Waals surface area contributed by atoms with Crippen LogP contribution >= 0.6 is 27.3 Å². The van der Waals surface area contributed by atoms with Gasteiger partial charge in [-0.2, -0.15) is 0 Å². The molecule has 1 atom stereocenters. The second-order valence-corrected chi connectivity index (χ2v) is 7.55. The average molecular weight is 368 g/mol. The molecule has 5 heteroatoms. The van der Waals surface area contributed by atoms with E-state index in [9.17, 15) is 0 Å². The molecule has 2 aromatic rings. The molecular formula is C16H22BrN3S. The summed E-state index contributed by atoms with van der Waals surface area (Å²) in [7, 11) is 0. The van der Waals surface area contributed by atoms with E-state index in [1.807, 2.05) is 0 Å². The molecule has 2 rings (SSSR count). The number of hydrogen-bond acceptors (Lipinski definition) is 4. The van der Waals surface area contributed by atoms with Gasteiger partial charge in [0.25, 0.3) is 0 Å². The van der Waals surface area contributed by atoms with E-state index in [2.05, 4.69) is 67.3 Å². The largest absolute Gasteiger partial charge is 0.314 e. The molecule has 3 nitrogen and oxygen atoms in total. The van der Waals surface area contributed by atoms with Gasteiger partial charge in [0.05, 0.1) is 4.88 Å². The number of hydrogen-bond donors (Lipinski definition) is 1. The van der Waals surface area contributed by atoms with E-state index in [1.54, 1.807) is 11.3 Å². The number of nitrogens with one attached hydrogen (secondary N) is 1. The monoisotopic (exact) mass is 367 g/mol. The molecule has 2 heterocycles. The highest BCUT2D eigenvalue weighted by Crippen LogP contribution is 2.30. The lowest BCUT2D eigenvalue weighted by Crippen LogP contribution is -2.27. The van der Waals surface area contributed by atoms with Crippen molar-refractivity contribution < 1.29 is 0 Å². The van der Waals surface area contributed by atoms with Crippen LogP contribution in [0.1, 0.15) is 43.6 Å². The maximum atomic E-state index is 4.72. The third-order valence-electron chi connectivity index (χ3n) is 3.44. The Morgan fingerprint density at radius 1 is 1.19 bits per heavy atom. The molecule has 0 aliphatic rings. The Hall–Kier alpha value is -0.780. The number of thiophene rings is 1. The summed E-state index contributed by atoms with van der Waals surface area (Å²) in [5, 5.41) is 5.55. The highest BCUT2D eigenvalue weighted by atomic mass is 79.9. The number of halogens is 1. The van der Waals surface area contributed by atoms with Gasteiger partial charge in [-0.15, -0.1) is 11.3 Å². The first-order valence-electron chi connectivity index (χ1n) is 7.21. The molecule has 0 spiro atoms. The first-order valence-corrected chi connectivity index (χ1v) is 8.88. The van der Waals surface area contributed by atoms with Gasteiger partial charge in [-0.1, -0.05) is 20.8 Å². The third-order valence-corrected chi connectivity index (χ3v) is 5.13. The zero-order chi connectivity index (χ0) is 15.6. The Bertz CT molecular complexity index is 599. The average Bonchev–Trinajstić information content (AvgIpc) is 2.82. The zero-order valence-corrected chi connectivity index (χ0v) is 15.6. The van der Waals surface area contributed by atoms with E-state index < -0.39 is 0 Å². The molecule has 21 heavy (non-hydrogen) atoms. The van der Waals surface area contributed by atoms with Crippen LogP contribution in [0.3, 0.4) is 0 Å². The van der Waals surface area contributed by atoms with Gasteiger partial charge in [-0.25, -0.2) is 9.97 Å². The summed E-state index contributed by atoms with van der Waals surface area (Å²) in [6, 6.07) is 2.57. The molecule has 0 radical (unpaired) electrons. The molecule has 1 unspecified atom stereocenters. The molecular weight excluding hydrogens is 346 g/mol. The Balaban J connectivity index is 2.29. The minimum atomic E-state index is 0.413. The van der Waals surface area contributed by atoms with Gasteiger partial charge in [0.2, 0.25) is 0 Å². The van der Waals surface area contributed by atoms with Crippen LogP contribution in [-0.2, 0) is 0 Å². The van der Waals surface area contributed by atoms with Crippen LogP contribution in [0, 0.1) is 13.8 Å². The molecule has 0 saturated carbocycles. The number of aromatic nitrogens is 2. The van der Waals surface area contributed by atoms with E-state index in [0.717, 1.165) is 33.1 Å². The summed E-state index contributed by atoms with van der Waals surface area (Å²) in [5.74, 6) is 1.24. The summed E-state index contributed by atoms with van der Waals surface area (Å²) in [4.78, 5) is 10.5. The third kappa shape index (κ3) is 4.11. The quantitative estimate of drug-likeness (QED) is 0.832. The van der Waals surface area contributed by atoms with Crippen LogP contribution in [0.2, 0.25) is 0 Å². The van der Waals surface area contributed by atoms with E-state index in [0.29, 0.717) is 12.0 Å². The topological polar surface area (TPSA) is 37.8 Å². The molecule has 0 aromatic carbocycles. The van der Waals surface area contributed by atoms with Crippen LogP contribution in [0.25, 0.3) is 10.7 Å². The predicted octanol–water partition coefficient (Wildman–Crippen LogP) is 4.69. The van der Waals surface area contributed by atoms with Gasteiger partial charge in [0.15, 0.2) is 5.82 Å². The lowest BCUT2D eigenvalue weighted by Gasteiger charge is -2.19. The minimum absolute atomic E-state index is 0.413. The Kier molecular flexibility index (Phi) is 5.52. The van der Waals surface area contributed by atoms with Crippen molar-refractivity contribution in [2.45, 2.75) is 46.6 Å². The summed E-state index contributed by atoms with van der Waals surface area (Å²) < 4.78 is 1.08. The molecule has 0 fully saturated rings. The highest BCUT2D eigenvalue weighted by molar-refractivity contribution is 9.10. The minimum Gasteiger partial charge on any atom is -0.314 e. The Labute approximate surface area is 139 Å². The van der Waals surface area contributed by atoms with Crippen molar-refractivity contribution >= 4 is 27.3 Å². The Morgan fingerprint density at radius 3 is 2.29 bits per heavy atom. The fourth-order valence-corrected chi connectivity index (χ4v) is 3.85. The summed E-state index contributed by atoms with van der Waals surface area (Å²) in [5.41, 5.74) is 3.43. The normalized spacial score (nSPS) is 12.9. The van der Waals surface area contributed by atoms with E-state index in [-0.39, 0.29) is 0 Å². The van der Waals surface area contributed by atoms with Crippen LogP contribution in [0.4, 0.5) is 0 Å². The molecule has 1 N–H and O–H groups in total. The van der Waals surface area contributed by atoms with E-state index in [1.165, 1.54) is 5.56 Å². The van der Waals surface area contributed by atoms with Crippen molar-refractivity contribution in [3.63, 3.8) is 0 Å². The van der Waals surface area contributed by atoms with Crippen molar-refractivity contribution in [3.05, 3.63) is 32.9 Å². The molecule has 0 bridgehead atoms. The van der Waals surface area contributed by atoms with E-state index in [4.69, 9.17) is 9.97 Å². The van der Waals surface area contributed by atoms with Crippen molar-refractivity contribution in [1.29, 1.82) is 0 Å². The number of rotatable bonds is 5. The van der Waals surface area contributed by atoms with E-state index >= 15 is 0 Å². The first kappa shape index (κ1) is 16.6. The molecule has 0 amide bonds. The molecule has 114 valence electrons. The van der Waals surface area contributed by atoms with Gasteiger partial charge in [0, 0.05) is 33.8 Å². The van der Waals surface area contributed by atoms with Gasteiger partial charge in [0.1, 0.15) is 0 Å². The number of nitrogens with zero attached hydrogens (tertiary/aromatic N) is 2. The maximum absolute atomic E-state index is 4.72. The molecule has 0 saturated heterocycles. The fourth-order valence-electron chi connectivity index (χ4n) is 2.49. The van der Waals surface area contributed by atoms with Crippen molar-refractivity contribution in [2.75, 3.05) is 6.54 Å². The zero-order valence-electron chi connectivity index (χ0n) is 13.2. The maximum Gasteiger partial charge on any atom is 0.169 e. The van der Waals surface area contributed by atoms with Crippen LogP contribution in [0.15, 0.2) is 15.9 Å². The van der Waals surface area contributed by atoms with Crippen LogP contribution in [0.5, 0.6) is 0 Å². The van der Waals surface area contributed by atoms with Gasteiger partial charge < -0.3 is 5.32 Å². The van der Waals surface area contributed by atoms with Crippen LogP contribution < -0.4 is 5.32 Å². The summed E-state index contributed by atoms with van der Waals surface area (Å²) in [6.45, 7) is 11.7. The van der Waals surface area contributed by atoms with Gasteiger partial charge in [-0.05, 0) is 47.3 Å². The smallest absolute Gasteiger partial charge is 0.169 e. The van der Waals surface area contributed by atoms with Crippen LogP contribution in [-0.4, -0.2) is 22.6 Å². The van der Waals surface area contributed by atoms with Crippen molar-refractivity contribution in [2.24, 2.45) is 0 Å². The van der Waals surface area contributed by atoms with Crippen molar-refractivity contribution in [3.8, 4) is 10.7 Å². The standard InChI is InChI=1S/C16H22BrN3S/c1-9(2)18-7-10(3)15-11(4)19-16(20-12(15)5)14-6-13(17)8-21-14/h6,8-10,18H,7H2,1-5H3. The summed E-state index contributed by atoms with van der Waals surface area (Å²) >= 11 is 5.15. The lowest BCUT2D eigenvalue weighted by atomic mass is 9.97. The lowest BCUT2D eigenvalue weighted by molar-refractivity contribution is 0.544. The predicted molar refractivity (Wildman–Crippen MR) is 94.1 cm³/mol.